The maximum atomic E-state index is 12.1. The number of rotatable bonds is 5. The van der Waals surface area contributed by atoms with Gasteiger partial charge in [-0.15, -0.1) is 0 Å². The lowest BCUT2D eigenvalue weighted by Gasteiger charge is -2.45. The van der Waals surface area contributed by atoms with E-state index in [-0.39, 0.29) is 11.6 Å². The van der Waals surface area contributed by atoms with Crippen molar-refractivity contribution in [3.05, 3.63) is 0 Å². The Labute approximate surface area is 147 Å². The predicted octanol–water partition coefficient (Wildman–Crippen LogP) is 3.48. The Kier molecular flexibility index (Phi) is 6.93. The van der Waals surface area contributed by atoms with Gasteiger partial charge < -0.3 is 20.1 Å². The zero-order valence-electron chi connectivity index (χ0n) is 16.0. The van der Waals surface area contributed by atoms with Crippen molar-refractivity contribution in [1.29, 1.82) is 0 Å². The van der Waals surface area contributed by atoms with Gasteiger partial charge in [0.15, 0.2) is 0 Å². The standard InChI is InChI=1S/C19H36N2O3/c1-15-7-5-6-10-19(15,14-20-17(22)24-18(2,3)4)21-13-16-8-11-23-12-9-16/h15-16,21H,5-14H2,1-4H3,(H,20,22)/t15-,19-/m0/s1. The minimum absolute atomic E-state index is 0.00649. The molecule has 2 rings (SSSR count). The Morgan fingerprint density at radius 1 is 1.21 bits per heavy atom. The summed E-state index contributed by atoms with van der Waals surface area (Å²) in [5.41, 5.74) is -0.460. The lowest BCUT2D eigenvalue weighted by Crippen LogP contribution is -2.60. The maximum Gasteiger partial charge on any atom is 0.407 e. The van der Waals surface area contributed by atoms with E-state index in [1.807, 2.05) is 20.8 Å². The summed E-state index contributed by atoms with van der Waals surface area (Å²) >= 11 is 0. The molecule has 0 radical (unpaired) electrons. The third-order valence-electron chi connectivity index (χ3n) is 5.48. The van der Waals surface area contributed by atoms with Crippen molar-refractivity contribution in [1.82, 2.24) is 10.6 Å². The van der Waals surface area contributed by atoms with Crippen LogP contribution in [0.5, 0.6) is 0 Å². The molecule has 2 atom stereocenters. The van der Waals surface area contributed by atoms with E-state index < -0.39 is 5.60 Å². The summed E-state index contributed by atoms with van der Waals surface area (Å²) in [5, 5.41) is 6.87. The van der Waals surface area contributed by atoms with E-state index >= 15 is 0 Å². The van der Waals surface area contributed by atoms with E-state index in [1.54, 1.807) is 0 Å². The fourth-order valence-electron chi connectivity index (χ4n) is 3.84. The van der Waals surface area contributed by atoms with E-state index in [9.17, 15) is 4.79 Å². The van der Waals surface area contributed by atoms with Crippen LogP contribution >= 0.6 is 0 Å². The summed E-state index contributed by atoms with van der Waals surface area (Å²) in [6.45, 7) is 11.4. The van der Waals surface area contributed by atoms with Crippen molar-refractivity contribution in [3.63, 3.8) is 0 Å². The van der Waals surface area contributed by atoms with Crippen LogP contribution < -0.4 is 10.6 Å². The zero-order valence-corrected chi connectivity index (χ0v) is 16.0. The lowest BCUT2D eigenvalue weighted by atomic mass is 9.73. The van der Waals surface area contributed by atoms with Crippen LogP contribution in [0, 0.1) is 11.8 Å². The van der Waals surface area contributed by atoms with Crippen LogP contribution in [0.25, 0.3) is 0 Å². The molecule has 0 aromatic rings. The smallest absolute Gasteiger partial charge is 0.407 e. The first kappa shape index (κ1) is 19.5. The first-order chi connectivity index (χ1) is 11.3. The monoisotopic (exact) mass is 340 g/mol. The highest BCUT2D eigenvalue weighted by molar-refractivity contribution is 5.67. The van der Waals surface area contributed by atoms with Gasteiger partial charge in [-0.3, -0.25) is 0 Å². The molecule has 140 valence electrons. The molecule has 1 aliphatic heterocycles. The van der Waals surface area contributed by atoms with Crippen molar-refractivity contribution in [2.45, 2.75) is 77.4 Å². The summed E-state index contributed by atoms with van der Waals surface area (Å²) in [7, 11) is 0. The zero-order chi connectivity index (χ0) is 17.6. The molecule has 5 heteroatoms. The number of carbonyl (C=O) groups excluding carboxylic acids is 1. The SMILES string of the molecule is C[C@H]1CCCC[C@@]1(CNC(=O)OC(C)(C)C)NCC1CCOCC1. The first-order valence-electron chi connectivity index (χ1n) is 9.60. The highest BCUT2D eigenvalue weighted by atomic mass is 16.6. The van der Waals surface area contributed by atoms with Gasteiger partial charge in [-0.1, -0.05) is 19.8 Å². The molecule has 1 aliphatic carbocycles. The number of hydrogen-bond acceptors (Lipinski definition) is 4. The Hall–Kier alpha value is -0.810. The molecule has 0 aromatic carbocycles. The summed E-state index contributed by atoms with van der Waals surface area (Å²) in [6.07, 6.45) is 6.81. The molecule has 0 aromatic heterocycles. The molecule has 2 fully saturated rings. The van der Waals surface area contributed by atoms with Crippen LogP contribution in [-0.2, 0) is 9.47 Å². The minimum atomic E-state index is -0.453. The first-order valence-corrected chi connectivity index (χ1v) is 9.60. The highest BCUT2D eigenvalue weighted by Crippen LogP contribution is 2.34. The van der Waals surface area contributed by atoms with Gasteiger partial charge >= 0.3 is 6.09 Å². The highest BCUT2D eigenvalue weighted by Gasteiger charge is 2.38. The average Bonchev–Trinajstić information content (AvgIpc) is 2.53. The third kappa shape index (κ3) is 5.92. The van der Waals surface area contributed by atoms with Crippen molar-refractivity contribution in [2.24, 2.45) is 11.8 Å². The number of alkyl carbamates (subject to hydrolysis) is 1. The molecule has 5 nitrogen and oxygen atoms in total. The molecule has 0 spiro atoms. The second-order valence-corrected chi connectivity index (χ2v) is 8.60. The minimum Gasteiger partial charge on any atom is -0.444 e. The van der Waals surface area contributed by atoms with E-state index in [4.69, 9.17) is 9.47 Å². The van der Waals surface area contributed by atoms with Gasteiger partial charge in [0, 0.05) is 25.3 Å². The van der Waals surface area contributed by atoms with Gasteiger partial charge in [-0.05, 0) is 64.8 Å². The van der Waals surface area contributed by atoms with Crippen LogP contribution in [0.1, 0.15) is 66.2 Å². The molecule has 1 heterocycles. The topological polar surface area (TPSA) is 59.6 Å². The Morgan fingerprint density at radius 2 is 1.92 bits per heavy atom. The van der Waals surface area contributed by atoms with E-state index in [0.717, 1.165) is 39.0 Å². The summed E-state index contributed by atoms with van der Waals surface area (Å²) < 4.78 is 10.9. The molecule has 2 N–H and O–H groups in total. The summed E-state index contributed by atoms with van der Waals surface area (Å²) in [5.74, 6) is 1.24. The largest absolute Gasteiger partial charge is 0.444 e. The van der Waals surface area contributed by atoms with Crippen molar-refractivity contribution in [2.75, 3.05) is 26.3 Å². The Bertz CT molecular complexity index is 402. The molecule has 1 saturated heterocycles. The fourth-order valence-corrected chi connectivity index (χ4v) is 3.84. The van der Waals surface area contributed by atoms with Gasteiger partial charge in [0.05, 0.1) is 0 Å². The summed E-state index contributed by atoms with van der Waals surface area (Å²) in [6, 6.07) is 0. The number of ether oxygens (including phenoxy) is 2. The van der Waals surface area contributed by atoms with Crippen molar-refractivity contribution in [3.8, 4) is 0 Å². The van der Waals surface area contributed by atoms with Crippen molar-refractivity contribution < 1.29 is 14.3 Å². The molecule has 0 unspecified atom stereocenters. The van der Waals surface area contributed by atoms with Gasteiger partial charge in [-0.2, -0.15) is 0 Å². The van der Waals surface area contributed by atoms with Gasteiger partial charge in [0.2, 0.25) is 0 Å². The Balaban J connectivity index is 1.91. The molecule has 0 bridgehead atoms. The van der Waals surface area contributed by atoms with Crippen LogP contribution in [0.3, 0.4) is 0 Å². The molecule has 1 amide bonds. The molecule has 2 aliphatic rings. The number of hydrogen-bond donors (Lipinski definition) is 2. The number of amides is 1. The normalized spacial score (nSPS) is 29.2. The quantitative estimate of drug-likeness (QED) is 0.804. The number of nitrogens with one attached hydrogen (secondary N) is 2. The van der Waals surface area contributed by atoms with Crippen molar-refractivity contribution >= 4 is 6.09 Å². The maximum absolute atomic E-state index is 12.1. The Morgan fingerprint density at radius 3 is 2.54 bits per heavy atom. The third-order valence-corrected chi connectivity index (χ3v) is 5.48. The molecule has 1 saturated carbocycles. The lowest BCUT2D eigenvalue weighted by molar-refractivity contribution is 0.0449. The second kappa shape index (κ2) is 8.52. The predicted molar refractivity (Wildman–Crippen MR) is 96.1 cm³/mol. The molecule has 24 heavy (non-hydrogen) atoms. The fraction of sp³-hybridized carbons (Fsp3) is 0.947. The van der Waals surface area contributed by atoms with Gasteiger partial charge in [0.1, 0.15) is 5.60 Å². The van der Waals surface area contributed by atoms with Gasteiger partial charge in [0.25, 0.3) is 0 Å². The van der Waals surface area contributed by atoms with E-state index in [0.29, 0.717) is 18.4 Å². The average molecular weight is 341 g/mol. The van der Waals surface area contributed by atoms with Crippen LogP contribution in [0.2, 0.25) is 0 Å². The summed E-state index contributed by atoms with van der Waals surface area (Å²) in [4.78, 5) is 12.1. The second-order valence-electron chi connectivity index (χ2n) is 8.60. The molecular weight excluding hydrogens is 304 g/mol. The van der Waals surface area contributed by atoms with Crippen LogP contribution in [0.4, 0.5) is 4.79 Å². The number of carbonyl (C=O) groups is 1. The molecular formula is C19H36N2O3. The van der Waals surface area contributed by atoms with E-state index in [2.05, 4.69) is 17.6 Å². The van der Waals surface area contributed by atoms with Crippen LogP contribution in [0.15, 0.2) is 0 Å². The van der Waals surface area contributed by atoms with E-state index in [1.165, 1.54) is 19.3 Å². The van der Waals surface area contributed by atoms with Gasteiger partial charge in [-0.25, -0.2) is 4.79 Å². The van der Waals surface area contributed by atoms with Crippen LogP contribution in [-0.4, -0.2) is 43.5 Å².